The predicted molar refractivity (Wildman–Crippen MR) is 95.2 cm³/mol. The Labute approximate surface area is 152 Å². The molecule has 4 rings (SSSR count). The number of amides is 2. The third-order valence-electron chi connectivity index (χ3n) is 5.08. The Hall–Kier alpha value is -2.54. The first kappa shape index (κ1) is 16.9. The third-order valence-corrected chi connectivity index (χ3v) is 5.08. The number of hydrogen-bond acceptors (Lipinski definition) is 5. The lowest BCUT2D eigenvalue weighted by Gasteiger charge is -2.24. The van der Waals surface area contributed by atoms with Gasteiger partial charge in [0, 0.05) is 25.2 Å². The maximum atomic E-state index is 12.9. The quantitative estimate of drug-likeness (QED) is 0.788. The van der Waals surface area contributed by atoms with Crippen molar-refractivity contribution in [2.75, 3.05) is 33.0 Å². The van der Waals surface area contributed by atoms with E-state index < -0.39 is 6.04 Å². The van der Waals surface area contributed by atoms with Gasteiger partial charge in [0.1, 0.15) is 6.04 Å². The summed E-state index contributed by atoms with van der Waals surface area (Å²) in [6, 6.07) is 4.75. The van der Waals surface area contributed by atoms with E-state index in [1.807, 2.05) is 0 Å². The fourth-order valence-electron chi connectivity index (χ4n) is 3.63. The van der Waals surface area contributed by atoms with Crippen LogP contribution in [0.5, 0.6) is 11.5 Å². The minimum atomic E-state index is -0.407. The van der Waals surface area contributed by atoms with Gasteiger partial charge in [-0.3, -0.25) is 9.59 Å². The van der Waals surface area contributed by atoms with Gasteiger partial charge in [0.15, 0.2) is 11.5 Å². The van der Waals surface area contributed by atoms with Crippen molar-refractivity contribution >= 4 is 11.8 Å². The summed E-state index contributed by atoms with van der Waals surface area (Å²) in [5.41, 5.74) is 1.76. The number of nitrogens with zero attached hydrogens (tertiary/aromatic N) is 1. The van der Waals surface area contributed by atoms with Gasteiger partial charge in [0.05, 0.1) is 0 Å². The molecule has 3 heterocycles. The molecule has 0 aliphatic carbocycles. The molecule has 7 heteroatoms. The molecule has 0 spiro atoms. The monoisotopic (exact) mass is 357 g/mol. The fourth-order valence-corrected chi connectivity index (χ4v) is 3.63. The van der Waals surface area contributed by atoms with E-state index in [1.165, 1.54) is 5.57 Å². The smallest absolute Gasteiger partial charge is 0.254 e. The van der Waals surface area contributed by atoms with Crippen molar-refractivity contribution in [2.45, 2.75) is 25.3 Å². The van der Waals surface area contributed by atoms with Gasteiger partial charge in [0.25, 0.3) is 5.91 Å². The molecule has 2 N–H and O–H groups in total. The number of ether oxygens (including phenoxy) is 2. The summed E-state index contributed by atoms with van der Waals surface area (Å²) >= 11 is 0. The average molecular weight is 357 g/mol. The number of carbonyl (C=O) groups excluding carboxylic acids is 2. The van der Waals surface area contributed by atoms with Gasteiger partial charge in [-0.05, 0) is 44.0 Å². The maximum Gasteiger partial charge on any atom is 0.254 e. The number of nitrogens with one attached hydrogen (secondary N) is 2. The highest BCUT2D eigenvalue weighted by molar-refractivity contribution is 5.98. The van der Waals surface area contributed by atoms with Gasteiger partial charge in [-0.1, -0.05) is 11.6 Å². The number of carbonyl (C=O) groups is 2. The van der Waals surface area contributed by atoms with Crippen molar-refractivity contribution in [2.24, 2.45) is 0 Å². The summed E-state index contributed by atoms with van der Waals surface area (Å²) < 4.78 is 10.6. The van der Waals surface area contributed by atoms with Crippen LogP contribution in [0.2, 0.25) is 0 Å². The first-order valence-corrected chi connectivity index (χ1v) is 9.09. The molecule has 7 nitrogen and oxygen atoms in total. The lowest BCUT2D eigenvalue weighted by molar-refractivity contribution is -0.124. The lowest BCUT2D eigenvalue weighted by atomic mass is 10.1. The van der Waals surface area contributed by atoms with Crippen LogP contribution in [0.4, 0.5) is 0 Å². The Morgan fingerprint density at radius 1 is 1.27 bits per heavy atom. The van der Waals surface area contributed by atoms with Crippen molar-refractivity contribution in [1.82, 2.24) is 15.5 Å². The Bertz CT molecular complexity index is 746. The number of likely N-dealkylation sites (tertiary alicyclic amines) is 1. The van der Waals surface area contributed by atoms with Crippen LogP contribution >= 0.6 is 0 Å². The molecular formula is C19H23N3O4. The number of rotatable bonds is 4. The highest BCUT2D eigenvalue weighted by Crippen LogP contribution is 2.33. The molecule has 1 fully saturated rings. The van der Waals surface area contributed by atoms with Crippen LogP contribution < -0.4 is 20.1 Å². The molecule has 138 valence electrons. The molecule has 3 aliphatic heterocycles. The molecular weight excluding hydrogens is 334 g/mol. The molecule has 1 saturated heterocycles. The normalized spacial score (nSPS) is 21.5. The zero-order valence-corrected chi connectivity index (χ0v) is 14.6. The molecule has 0 saturated carbocycles. The van der Waals surface area contributed by atoms with Crippen LogP contribution in [0.25, 0.3) is 0 Å². The molecule has 0 bridgehead atoms. The Morgan fingerprint density at radius 3 is 3.00 bits per heavy atom. The van der Waals surface area contributed by atoms with Crippen LogP contribution in [0.1, 0.15) is 29.6 Å². The van der Waals surface area contributed by atoms with Crippen molar-refractivity contribution < 1.29 is 19.1 Å². The molecule has 2 amide bonds. The van der Waals surface area contributed by atoms with Crippen LogP contribution in [-0.2, 0) is 4.79 Å². The largest absolute Gasteiger partial charge is 0.454 e. The van der Waals surface area contributed by atoms with E-state index in [-0.39, 0.29) is 18.6 Å². The van der Waals surface area contributed by atoms with Gasteiger partial charge in [0.2, 0.25) is 12.7 Å². The van der Waals surface area contributed by atoms with Gasteiger partial charge < -0.3 is 25.0 Å². The topological polar surface area (TPSA) is 79.9 Å². The Kier molecular flexibility index (Phi) is 4.79. The SMILES string of the molecule is O=C(NCC1=CCNCC1)C1CCCN1C(=O)c1ccc2c(c1)OCO2. The minimum absolute atomic E-state index is 0.0731. The molecule has 1 atom stereocenters. The molecule has 1 aromatic carbocycles. The minimum Gasteiger partial charge on any atom is -0.454 e. The predicted octanol–water partition coefficient (Wildman–Crippen LogP) is 1.06. The summed E-state index contributed by atoms with van der Waals surface area (Å²) in [5, 5.41) is 6.25. The van der Waals surface area contributed by atoms with E-state index >= 15 is 0 Å². The Balaban J connectivity index is 1.41. The van der Waals surface area contributed by atoms with E-state index in [0.29, 0.717) is 36.6 Å². The zero-order chi connectivity index (χ0) is 17.9. The van der Waals surface area contributed by atoms with E-state index in [0.717, 1.165) is 25.9 Å². The number of fused-ring (bicyclic) bond motifs is 1. The second-order valence-corrected chi connectivity index (χ2v) is 6.76. The summed E-state index contributed by atoms with van der Waals surface area (Å²) in [6.45, 7) is 3.12. The van der Waals surface area contributed by atoms with Gasteiger partial charge in [-0.25, -0.2) is 0 Å². The van der Waals surface area contributed by atoms with Crippen molar-refractivity contribution in [3.05, 3.63) is 35.4 Å². The standard InChI is InChI=1S/C19H23N3O4/c23-18(21-11-13-5-7-20-8-6-13)15-2-1-9-22(15)19(24)14-3-4-16-17(10-14)26-12-25-16/h3-5,10,15,20H,1-2,6-9,11-12H2,(H,21,23). The highest BCUT2D eigenvalue weighted by atomic mass is 16.7. The van der Waals surface area contributed by atoms with Crippen molar-refractivity contribution in [3.8, 4) is 11.5 Å². The van der Waals surface area contributed by atoms with E-state index in [2.05, 4.69) is 16.7 Å². The van der Waals surface area contributed by atoms with Gasteiger partial charge in [-0.2, -0.15) is 0 Å². The van der Waals surface area contributed by atoms with Crippen LogP contribution in [0.15, 0.2) is 29.8 Å². The third kappa shape index (κ3) is 3.39. The Morgan fingerprint density at radius 2 is 2.15 bits per heavy atom. The van der Waals surface area contributed by atoms with E-state index in [4.69, 9.17) is 9.47 Å². The maximum absolute atomic E-state index is 12.9. The van der Waals surface area contributed by atoms with E-state index in [1.54, 1.807) is 23.1 Å². The summed E-state index contributed by atoms with van der Waals surface area (Å²) in [4.78, 5) is 27.2. The van der Waals surface area contributed by atoms with Crippen molar-refractivity contribution in [3.63, 3.8) is 0 Å². The summed E-state index contributed by atoms with van der Waals surface area (Å²) in [7, 11) is 0. The fraction of sp³-hybridized carbons (Fsp3) is 0.474. The van der Waals surface area contributed by atoms with Gasteiger partial charge >= 0.3 is 0 Å². The molecule has 3 aliphatic rings. The second kappa shape index (κ2) is 7.37. The molecule has 1 unspecified atom stereocenters. The molecule has 26 heavy (non-hydrogen) atoms. The molecule has 1 aromatic rings. The van der Waals surface area contributed by atoms with Crippen molar-refractivity contribution in [1.29, 1.82) is 0 Å². The first-order chi connectivity index (χ1) is 12.7. The van der Waals surface area contributed by atoms with Crippen LogP contribution in [0, 0.1) is 0 Å². The summed E-state index contributed by atoms with van der Waals surface area (Å²) in [5.74, 6) is 1.01. The summed E-state index contributed by atoms with van der Waals surface area (Å²) in [6.07, 6.45) is 4.60. The van der Waals surface area contributed by atoms with E-state index in [9.17, 15) is 9.59 Å². The molecule has 0 radical (unpaired) electrons. The highest BCUT2D eigenvalue weighted by Gasteiger charge is 2.35. The lowest BCUT2D eigenvalue weighted by Crippen LogP contribution is -2.46. The average Bonchev–Trinajstić information content (AvgIpc) is 3.35. The van der Waals surface area contributed by atoms with Crippen LogP contribution in [0.3, 0.4) is 0 Å². The number of hydrogen-bond donors (Lipinski definition) is 2. The van der Waals surface area contributed by atoms with Crippen LogP contribution in [-0.4, -0.2) is 55.7 Å². The van der Waals surface area contributed by atoms with Gasteiger partial charge in [-0.15, -0.1) is 0 Å². The second-order valence-electron chi connectivity index (χ2n) is 6.76. The molecule has 0 aromatic heterocycles. The number of benzene rings is 1. The zero-order valence-electron chi connectivity index (χ0n) is 14.6. The first-order valence-electron chi connectivity index (χ1n) is 9.09.